The number of carbonyl (C=O) groups is 1. The largest absolute Gasteiger partial charge is 0.503 e. The van der Waals surface area contributed by atoms with Crippen molar-refractivity contribution >= 4 is 33.5 Å². The van der Waals surface area contributed by atoms with Crippen LogP contribution >= 0.6 is 15.9 Å². The summed E-state index contributed by atoms with van der Waals surface area (Å²) in [5.41, 5.74) is 1.77. The minimum Gasteiger partial charge on any atom is -0.503 e. The van der Waals surface area contributed by atoms with Gasteiger partial charge in [-0.3, -0.25) is 0 Å². The van der Waals surface area contributed by atoms with E-state index >= 15 is 0 Å². The Morgan fingerprint density at radius 1 is 1.26 bits per heavy atom. The van der Waals surface area contributed by atoms with Gasteiger partial charge in [-0.1, -0.05) is 12.1 Å². The van der Waals surface area contributed by atoms with E-state index in [9.17, 15) is 15.2 Å². The zero-order valence-corrected chi connectivity index (χ0v) is 13.7. The Hall–Kier alpha value is -2.78. The Labute approximate surface area is 141 Å². The fourth-order valence-corrected chi connectivity index (χ4v) is 2.43. The summed E-state index contributed by atoms with van der Waals surface area (Å²) >= 11 is 3.22. The smallest absolute Gasteiger partial charge is 0.335 e. The van der Waals surface area contributed by atoms with Crippen LogP contribution in [0.25, 0.3) is 11.6 Å². The molecule has 2 N–H and O–H groups in total. The topological polar surface area (TPSA) is 90.5 Å². The van der Waals surface area contributed by atoms with E-state index in [0.29, 0.717) is 21.2 Å². The number of phenolic OH excluding ortho intramolecular Hbond substituents is 1. The molecule has 0 fully saturated rings. The number of methoxy groups -OCH3 is 1. The van der Waals surface area contributed by atoms with Crippen LogP contribution in [0.1, 0.15) is 21.5 Å². The summed E-state index contributed by atoms with van der Waals surface area (Å²) in [7, 11) is 1.44. The van der Waals surface area contributed by atoms with Gasteiger partial charge in [0.05, 0.1) is 28.8 Å². The van der Waals surface area contributed by atoms with Crippen LogP contribution < -0.4 is 4.74 Å². The molecular formula is C17H12BrNO4. The molecular weight excluding hydrogens is 362 g/mol. The van der Waals surface area contributed by atoms with Crippen LogP contribution in [0.2, 0.25) is 0 Å². The normalized spacial score (nSPS) is 10.9. The number of aromatic carboxylic acids is 1. The maximum Gasteiger partial charge on any atom is 0.335 e. The number of nitrogens with zero attached hydrogens (tertiary/aromatic N) is 1. The van der Waals surface area contributed by atoms with Crippen molar-refractivity contribution in [2.75, 3.05) is 7.11 Å². The summed E-state index contributed by atoms with van der Waals surface area (Å²) in [6.45, 7) is 0. The SMILES string of the molecule is COc1cc(C=C(C#N)c2ccc(C(=O)O)cc2)cc(Br)c1O. The first-order valence-corrected chi connectivity index (χ1v) is 7.27. The molecule has 0 amide bonds. The van der Waals surface area contributed by atoms with Crippen molar-refractivity contribution in [2.24, 2.45) is 0 Å². The van der Waals surface area contributed by atoms with Gasteiger partial charge in [-0.15, -0.1) is 0 Å². The van der Waals surface area contributed by atoms with Crippen LogP contribution in [-0.2, 0) is 0 Å². The second kappa shape index (κ2) is 6.99. The zero-order valence-electron chi connectivity index (χ0n) is 12.1. The number of aromatic hydroxyl groups is 1. The van der Waals surface area contributed by atoms with Crippen molar-refractivity contribution in [1.82, 2.24) is 0 Å². The fourth-order valence-electron chi connectivity index (χ4n) is 1.97. The lowest BCUT2D eigenvalue weighted by atomic mass is 10.0. The molecule has 0 atom stereocenters. The zero-order chi connectivity index (χ0) is 17.0. The van der Waals surface area contributed by atoms with Crippen molar-refractivity contribution in [3.8, 4) is 17.6 Å². The quantitative estimate of drug-likeness (QED) is 0.625. The molecule has 0 aliphatic rings. The molecule has 2 rings (SSSR count). The molecule has 23 heavy (non-hydrogen) atoms. The lowest BCUT2D eigenvalue weighted by Gasteiger charge is -2.07. The number of benzene rings is 2. The first kappa shape index (κ1) is 16.6. The maximum atomic E-state index is 10.9. The van der Waals surface area contributed by atoms with Crippen molar-refractivity contribution < 1.29 is 19.7 Å². The number of ether oxygens (including phenoxy) is 1. The standard InChI is InChI=1S/C17H12BrNO4/c1-23-15-8-10(7-14(18)16(15)20)6-13(9-19)11-2-4-12(5-3-11)17(21)22/h2-8,20H,1H3,(H,21,22). The van der Waals surface area contributed by atoms with E-state index < -0.39 is 5.97 Å². The number of phenols is 1. The van der Waals surface area contributed by atoms with Crippen molar-refractivity contribution in [2.45, 2.75) is 0 Å². The van der Waals surface area contributed by atoms with Gasteiger partial charge in [0.2, 0.25) is 0 Å². The molecule has 0 saturated carbocycles. The van der Waals surface area contributed by atoms with Crippen LogP contribution in [0.3, 0.4) is 0 Å². The van der Waals surface area contributed by atoms with Crippen LogP contribution in [0, 0.1) is 11.3 Å². The Morgan fingerprint density at radius 3 is 2.39 bits per heavy atom. The molecule has 0 unspecified atom stereocenters. The minimum absolute atomic E-state index is 0.0195. The number of carboxylic acids is 1. The third-order valence-electron chi connectivity index (χ3n) is 3.14. The predicted molar refractivity (Wildman–Crippen MR) is 89.2 cm³/mol. The molecule has 2 aromatic carbocycles. The van der Waals surface area contributed by atoms with Gasteiger partial charge in [-0.2, -0.15) is 5.26 Å². The van der Waals surface area contributed by atoms with Gasteiger partial charge >= 0.3 is 5.97 Å². The number of rotatable bonds is 4. The highest BCUT2D eigenvalue weighted by Gasteiger charge is 2.09. The molecule has 6 heteroatoms. The van der Waals surface area contributed by atoms with Gasteiger partial charge in [0, 0.05) is 0 Å². The van der Waals surface area contributed by atoms with Crippen LogP contribution in [0.4, 0.5) is 0 Å². The first-order chi connectivity index (χ1) is 11.0. The highest BCUT2D eigenvalue weighted by atomic mass is 79.9. The monoisotopic (exact) mass is 373 g/mol. The van der Waals surface area contributed by atoms with Crippen LogP contribution in [-0.4, -0.2) is 23.3 Å². The third kappa shape index (κ3) is 3.71. The summed E-state index contributed by atoms with van der Waals surface area (Å²) in [4.78, 5) is 10.9. The maximum absolute atomic E-state index is 10.9. The van der Waals surface area contributed by atoms with E-state index in [1.165, 1.54) is 19.2 Å². The van der Waals surface area contributed by atoms with Gasteiger partial charge < -0.3 is 14.9 Å². The minimum atomic E-state index is -1.02. The fraction of sp³-hybridized carbons (Fsp3) is 0.0588. The molecule has 0 aliphatic carbocycles. The summed E-state index contributed by atoms with van der Waals surface area (Å²) < 4.78 is 5.52. The van der Waals surface area contributed by atoms with E-state index in [0.717, 1.165) is 0 Å². The second-order valence-electron chi connectivity index (χ2n) is 4.61. The van der Waals surface area contributed by atoms with E-state index in [2.05, 4.69) is 22.0 Å². The molecule has 0 heterocycles. The van der Waals surface area contributed by atoms with Crippen molar-refractivity contribution in [1.29, 1.82) is 5.26 Å². The first-order valence-electron chi connectivity index (χ1n) is 6.48. The van der Waals surface area contributed by atoms with Crippen molar-refractivity contribution in [3.05, 3.63) is 57.6 Å². The summed E-state index contributed by atoms with van der Waals surface area (Å²) in [5, 5.41) is 28.0. The summed E-state index contributed by atoms with van der Waals surface area (Å²) in [6.07, 6.45) is 1.63. The van der Waals surface area contributed by atoms with E-state index in [1.54, 1.807) is 30.3 Å². The average Bonchev–Trinajstić information content (AvgIpc) is 2.55. The van der Waals surface area contributed by atoms with Crippen LogP contribution in [0.5, 0.6) is 11.5 Å². The number of allylic oxidation sites excluding steroid dienone is 1. The van der Waals surface area contributed by atoms with Gasteiger partial charge in [0.25, 0.3) is 0 Å². The second-order valence-corrected chi connectivity index (χ2v) is 5.46. The number of hydrogen-bond acceptors (Lipinski definition) is 4. The Kier molecular flexibility index (Phi) is 5.04. The number of carboxylic acid groups (broad SMARTS) is 1. The highest BCUT2D eigenvalue weighted by Crippen LogP contribution is 2.36. The Balaban J connectivity index is 2.45. The van der Waals surface area contributed by atoms with Crippen molar-refractivity contribution in [3.63, 3.8) is 0 Å². The lowest BCUT2D eigenvalue weighted by Crippen LogP contribution is -1.95. The van der Waals surface area contributed by atoms with Gasteiger partial charge in [0.15, 0.2) is 11.5 Å². The summed E-state index contributed by atoms with van der Waals surface area (Å²) in [6, 6.07) is 11.4. The van der Waals surface area contributed by atoms with Gasteiger partial charge in [-0.05, 0) is 57.4 Å². The lowest BCUT2D eigenvalue weighted by molar-refractivity contribution is 0.0697. The van der Waals surface area contributed by atoms with Gasteiger partial charge in [-0.25, -0.2) is 4.79 Å². The number of hydrogen-bond donors (Lipinski definition) is 2. The third-order valence-corrected chi connectivity index (χ3v) is 3.75. The van der Waals surface area contributed by atoms with E-state index in [1.807, 2.05) is 0 Å². The predicted octanol–water partition coefficient (Wildman–Crippen LogP) is 3.93. The molecule has 0 radical (unpaired) electrons. The number of nitriles is 1. The highest BCUT2D eigenvalue weighted by molar-refractivity contribution is 9.10. The molecule has 5 nitrogen and oxygen atoms in total. The molecule has 0 aliphatic heterocycles. The number of halogens is 1. The molecule has 0 bridgehead atoms. The Morgan fingerprint density at radius 2 is 1.87 bits per heavy atom. The van der Waals surface area contributed by atoms with E-state index in [4.69, 9.17) is 9.84 Å². The molecule has 0 spiro atoms. The molecule has 0 saturated heterocycles. The Bertz CT molecular complexity index is 820. The molecule has 0 aromatic heterocycles. The van der Waals surface area contributed by atoms with Crippen LogP contribution in [0.15, 0.2) is 40.9 Å². The molecule has 116 valence electrons. The average molecular weight is 374 g/mol. The van der Waals surface area contributed by atoms with E-state index in [-0.39, 0.29) is 17.1 Å². The molecule has 2 aromatic rings. The van der Waals surface area contributed by atoms with Gasteiger partial charge in [0.1, 0.15) is 0 Å². The summed E-state index contributed by atoms with van der Waals surface area (Å²) in [5.74, 6) is -0.760.